The Kier molecular flexibility index (Phi) is 5.30. The maximum atomic E-state index is 13.5. The van der Waals surface area contributed by atoms with Crippen LogP contribution in [0.5, 0.6) is 17.2 Å². The van der Waals surface area contributed by atoms with E-state index in [0.717, 1.165) is 0 Å². The molecule has 7 heteroatoms. The first-order chi connectivity index (χ1) is 13.1. The zero-order valence-corrected chi connectivity index (χ0v) is 15.2. The molecule has 0 atom stereocenters. The molecular weight excluding hydrogens is 351 g/mol. The lowest BCUT2D eigenvalue weighted by atomic mass is 10.2. The minimum atomic E-state index is -0.377. The summed E-state index contributed by atoms with van der Waals surface area (Å²) in [6, 6.07) is 14.1. The summed E-state index contributed by atoms with van der Waals surface area (Å²) < 4.78 is 31.0. The van der Waals surface area contributed by atoms with Crippen LogP contribution in [0, 0.1) is 5.82 Å². The molecule has 0 saturated carbocycles. The number of hydrogen-bond acceptors (Lipinski definition) is 5. The summed E-state index contributed by atoms with van der Waals surface area (Å²) in [4.78, 5) is 12.6. The van der Waals surface area contributed by atoms with E-state index in [-0.39, 0.29) is 11.4 Å². The van der Waals surface area contributed by atoms with Gasteiger partial charge in [-0.1, -0.05) is 12.1 Å². The van der Waals surface area contributed by atoms with E-state index < -0.39 is 0 Å². The van der Waals surface area contributed by atoms with Crippen molar-refractivity contribution in [2.24, 2.45) is 0 Å². The zero-order chi connectivity index (χ0) is 19.4. The number of methoxy groups -OCH3 is 3. The number of nitrogens with one attached hydrogen (secondary N) is 1. The third kappa shape index (κ3) is 3.72. The Bertz CT molecular complexity index is 992. The predicted molar refractivity (Wildman–Crippen MR) is 101 cm³/mol. The normalized spacial score (nSPS) is 10.4. The van der Waals surface area contributed by atoms with E-state index in [1.807, 2.05) is 0 Å². The lowest BCUT2D eigenvalue weighted by molar-refractivity contribution is 0.324. The van der Waals surface area contributed by atoms with E-state index >= 15 is 0 Å². The summed E-state index contributed by atoms with van der Waals surface area (Å²) in [6.45, 7) is 0. The van der Waals surface area contributed by atoms with Crippen molar-refractivity contribution >= 4 is 11.5 Å². The topological polar surface area (TPSA) is 61.7 Å². The van der Waals surface area contributed by atoms with Gasteiger partial charge in [-0.05, 0) is 24.3 Å². The highest BCUT2D eigenvalue weighted by Crippen LogP contribution is 2.39. The van der Waals surface area contributed by atoms with Crippen LogP contribution in [0.15, 0.2) is 59.4 Å². The lowest BCUT2D eigenvalue weighted by Gasteiger charge is -2.18. The molecule has 6 nitrogen and oxygen atoms in total. The van der Waals surface area contributed by atoms with Crippen LogP contribution < -0.4 is 25.1 Å². The van der Waals surface area contributed by atoms with E-state index in [1.54, 1.807) is 36.4 Å². The van der Waals surface area contributed by atoms with Gasteiger partial charge in [0.25, 0.3) is 5.56 Å². The van der Waals surface area contributed by atoms with Crippen molar-refractivity contribution in [3.05, 3.63) is 70.8 Å². The average Bonchev–Trinajstić information content (AvgIpc) is 2.67. The summed E-state index contributed by atoms with van der Waals surface area (Å²) in [5, 5.41) is 3.07. The summed E-state index contributed by atoms with van der Waals surface area (Å²) in [5.74, 6) is 1.34. The SMILES string of the molecule is COc1cc(-n2c(Nc3cccc(F)c3)cccc2=O)cc(OC)c1OC. The first-order valence-corrected chi connectivity index (χ1v) is 8.12. The summed E-state index contributed by atoms with van der Waals surface area (Å²) in [7, 11) is 4.51. The molecule has 0 radical (unpaired) electrons. The van der Waals surface area contributed by atoms with Crippen LogP contribution in [0.1, 0.15) is 0 Å². The summed E-state index contributed by atoms with van der Waals surface area (Å²) in [6.07, 6.45) is 0. The van der Waals surface area contributed by atoms with Crippen LogP contribution in [0.2, 0.25) is 0 Å². The fraction of sp³-hybridized carbons (Fsp3) is 0.150. The highest BCUT2D eigenvalue weighted by molar-refractivity contribution is 5.63. The van der Waals surface area contributed by atoms with E-state index in [0.29, 0.717) is 34.4 Å². The standard InChI is InChI=1S/C20H19FN2O4/c1-25-16-11-15(12-17(26-2)20(16)27-3)23-18(8-5-9-19(23)24)22-14-7-4-6-13(21)10-14/h4-12,22H,1-3H3. The number of anilines is 2. The van der Waals surface area contributed by atoms with Crippen LogP contribution in [0.3, 0.4) is 0 Å². The molecule has 2 aromatic carbocycles. The molecule has 3 rings (SSSR count). The highest BCUT2D eigenvalue weighted by Gasteiger charge is 2.16. The van der Waals surface area contributed by atoms with Gasteiger partial charge in [0.15, 0.2) is 11.5 Å². The van der Waals surface area contributed by atoms with Gasteiger partial charge in [0.1, 0.15) is 11.6 Å². The predicted octanol–water partition coefficient (Wildman–Crippen LogP) is 3.75. The number of halogens is 1. The van der Waals surface area contributed by atoms with E-state index in [9.17, 15) is 9.18 Å². The number of nitrogens with zero attached hydrogens (tertiary/aromatic N) is 1. The number of hydrogen-bond donors (Lipinski definition) is 1. The molecule has 0 aliphatic rings. The Hall–Kier alpha value is -3.48. The van der Waals surface area contributed by atoms with Crippen LogP contribution in [0.4, 0.5) is 15.9 Å². The first kappa shape index (κ1) is 18.3. The van der Waals surface area contributed by atoms with Crippen LogP contribution in [-0.4, -0.2) is 25.9 Å². The Balaban J connectivity index is 2.16. The van der Waals surface area contributed by atoms with Gasteiger partial charge in [-0.15, -0.1) is 0 Å². The number of pyridine rings is 1. The van der Waals surface area contributed by atoms with Gasteiger partial charge in [0.05, 0.1) is 27.0 Å². The number of aromatic nitrogens is 1. The maximum absolute atomic E-state index is 13.5. The molecule has 0 fully saturated rings. The molecule has 3 aromatic rings. The van der Waals surface area contributed by atoms with Crippen molar-refractivity contribution in [2.45, 2.75) is 0 Å². The van der Waals surface area contributed by atoms with Crippen LogP contribution in [0.25, 0.3) is 5.69 Å². The van der Waals surface area contributed by atoms with Gasteiger partial charge in [0, 0.05) is 23.9 Å². The Morgan fingerprint density at radius 1 is 0.889 bits per heavy atom. The van der Waals surface area contributed by atoms with Crippen molar-refractivity contribution < 1.29 is 18.6 Å². The number of rotatable bonds is 6. The minimum Gasteiger partial charge on any atom is -0.493 e. The van der Waals surface area contributed by atoms with Crippen molar-refractivity contribution in [2.75, 3.05) is 26.6 Å². The smallest absolute Gasteiger partial charge is 0.256 e. The lowest BCUT2D eigenvalue weighted by Crippen LogP contribution is -2.19. The van der Waals surface area contributed by atoms with Gasteiger partial charge < -0.3 is 19.5 Å². The van der Waals surface area contributed by atoms with Crippen molar-refractivity contribution in [1.82, 2.24) is 4.57 Å². The Morgan fingerprint density at radius 3 is 2.15 bits per heavy atom. The monoisotopic (exact) mass is 370 g/mol. The zero-order valence-electron chi connectivity index (χ0n) is 15.2. The molecule has 0 bridgehead atoms. The van der Waals surface area contributed by atoms with Crippen molar-refractivity contribution in [1.29, 1.82) is 0 Å². The van der Waals surface area contributed by atoms with Crippen molar-refractivity contribution in [3.63, 3.8) is 0 Å². The van der Waals surface area contributed by atoms with E-state index in [4.69, 9.17) is 14.2 Å². The molecule has 1 aromatic heterocycles. The molecule has 0 unspecified atom stereocenters. The quantitative estimate of drug-likeness (QED) is 0.716. The molecule has 140 valence electrons. The van der Waals surface area contributed by atoms with E-state index in [2.05, 4.69) is 5.32 Å². The number of ether oxygens (including phenoxy) is 3. The maximum Gasteiger partial charge on any atom is 0.256 e. The second kappa shape index (κ2) is 7.82. The van der Waals surface area contributed by atoms with Gasteiger partial charge in [0.2, 0.25) is 5.75 Å². The van der Waals surface area contributed by atoms with Gasteiger partial charge in [-0.25, -0.2) is 4.39 Å². The molecule has 0 amide bonds. The Morgan fingerprint density at radius 2 is 1.56 bits per heavy atom. The molecule has 1 heterocycles. The molecule has 0 saturated heterocycles. The molecular formula is C20H19FN2O4. The highest BCUT2D eigenvalue weighted by atomic mass is 19.1. The number of benzene rings is 2. The largest absolute Gasteiger partial charge is 0.493 e. The average molecular weight is 370 g/mol. The van der Waals surface area contributed by atoms with E-state index in [1.165, 1.54) is 44.1 Å². The fourth-order valence-electron chi connectivity index (χ4n) is 2.76. The third-order valence-corrected chi connectivity index (χ3v) is 3.96. The van der Waals surface area contributed by atoms with Gasteiger partial charge >= 0.3 is 0 Å². The summed E-state index contributed by atoms with van der Waals surface area (Å²) in [5.41, 5.74) is 0.751. The Labute approximate surface area is 155 Å². The van der Waals surface area contributed by atoms with Gasteiger partial charge in [-0.2, -0.15) is 0 Å². The molecule has 0 aliphatic heterocycles. The summed E-state index contributed by atoms with van der Waals surface area (Å²) >= 11 is 0. The molecule has 1 N–H and O–H groups in total. The molecule has 27 heavy (non-hydrogen) atoms. The second-order valence-electron chi connectivity index (χ2n) is 5.60. The third-order valence-electron chi connectivity index (χ3n) is 3.96. The van der Waals surface area contributed by atoms with Crippen molar-refractivity contribution in [3.8, 4) is 22.9 Å². The second-order valence-corrected chi connectivity index (χ2v) is 5.60. The minimum absolute atomic E-state index is 0.273. The van der Waals surface area contributed by atoms with Crippen LogP contribution in [-0.2, 0) is 0 Å². The van der Waals surface area contributed by atoms with Gasteiger partial charge in [-0.3, -0.25) is 9.36 Å². The molecule has 0 aliphatic carbocycles. The molecule has 0 spiro atoms. The van der Waals surface area contributed by atoms with Crippen LogP contribution >= 0.6 is 0 Å². The first-order valence-electron chi connectivity index (χ1n) is 8.12. The fourth-order valence-corrected chi connectivity index (χ4v) is 2.76.